The van der Waals surface area contributed by atoms with E-state index in [-0.39, 0.29) is 12.8 Å². The number of urea groups is 1. The Hall–Kier alpha value is -3.60. The molecule has 1 spiro atoms. The summed E-state index contributed by atoms with van der Waals surface area (Å²) in [6.07, 6.45) is -1.26. The first kappa shape index (κ1) is 21.6. The molecule has 2 aromatic carbocycles. The lowest BCUT2D eigenvalue weighted by atomic mass is 9.80. The zero-order valence-corrected chi connectivity index (χ0v) is 17.5. The highest BCUT2D eigenvalue weighted by atomic mass is 19.3. The van der Waals surface area contributed by atoms with Crippen molar-refractivity contribution >= 4 is 17.7 Å². The normalized spacial score (nSPS) is 19.0. The molecule has 1 aliphatic heterocycles. The van der Waals surface area contributed by atoms with Gasteiger partial charge in [-0.3, -0.25) is 14.5 Å². The summed E-state index contributed by atoms with van der Waals surface area (Å²) in [5, 5.41) is 11.9. The Bertz CT molecular complexity index is 1160. The largest absolute Gasteiger partial charge is 0.325 e. The SMILES string of the molecule is Cc1cc(C(=O)CN2C(=O)NC3(CCC(F)(F)CC3)C2=O)ccc1-c1ccccc1C#N. The van der Waals surface area contributed by atoms with E-state index in [1.54, 1.807) is 30.3 Å². The number of imide groups is 1. The van der Waals surface area contributed by atoms with E-state index in [9.17, 15) is 28.4 Å². The van der Waals surface area contributed by atoms with Gasteiger partial charge in [0.15, 0.2) is 5.78 Å². The lowest BCUT2D eigenvalue weighted by Crippen LogP contribution is -2.51. The summed E-state index contributed by atoms with van der Waals surface area (Å²) in [6, 6.07) is 13.5. The van der Waals surface area contributed by atoms with Crippen LogP contribution in [0.25, 0.3) is 11.1 Å². The molecular formula is C24H21F2N3O3. The molecule has 0 bridgehead atoms. The number of Topliss-reactive ketones (excluding diaryl/α,β-unsaturated/α-hetero) is 1. The molecule has 32 heavy (non-hydrogen) atoms. The Morgan fingerprint density at radius 1 is 1.09 bits per heavy atom. The van der Waals surface area contributed by atoms with Crippen molar-refractivity contribution in [3.05, 3.63) is 59.2 Å². The highest BCUT2D eigenvalue weighted by Gasteiger charge is 2.55. The number of hydrogen-bond acceptors (Lipinski definition) is 4. The second-order valence-electron chi connectivity index (χ2n) is 8.37. The average molecular weight is 437 g/mol. The van der Waals surface area contributed by atoms with Gasteiger partial charge in [-0.15, -0.1) is 0 Å². The van der Waals surface area contributed by atoms with Gasteiger partial charge in [-0.05, 0) is 48.6 Å². The molecule has 3 amide bonds. The maximum absolute atomic E-state index is 13.5. The number of hydrogen-bond donors (Lipinski definition) is 1. The standard InChI is InChI=1S/C24H21F2N3O3/c1-15-12-16(6-7-18(15)19-5-3-2-4-17(19)13-27)20(30)14-29-21(31)23(28-22(29)32)8-10-24(25,26)11-9-23/h2-7,12H,8-11,14H2,1H3,(H,28,32). The first-order chi connectivity index (χ1) is 15.2. The highest BCUT2D eigenvalue weighted by molar-refractivity contribution is 6.11. The van der Waals surface area contributed by atoms with E-state index >= 15 is 0 Å². The molecule has 164 valence electrons. The second kappa shape index (κ2) is 7.83. The molecule has 2 fully saturated rings. The van der Waals surface area contributed by atoms with Crippen LogP contribution in [0, 0.1) is 18.3 Å². The number of ketones is 1. The van der Waals surface area contributed by atoms with Gasteiger partial charge in [-0.2, -0.15) is 5.26 Å². The van der Waals surface area contributed by atoms with Crippen LogP contribution in [0.3, 0.4) is 0 Å². The van der Waals surface area contributed by atoms with Crippen LogP contribution in [0.1, 0.15) is 47.2 Å². The third-order valence-electron chi connectivity index (χ3n) is 6.27. The first-order valence-electron chi connectivity index (χ1n) is 10.3. The van der Waals surface area contributed by atoms with Crippen molar-refractivity contribution in [3.8, 4) is 17.2 Å². The second-order valence-corrected chi connectivity index (χ2v) is 8.37. The molecule has 0 unspecified atom stereocenters. The fourth-order valence-corrected chi connectivity index (χ4v) is 4.39. The third kappa shape index (κ3) is 3.75. The number of nitrogens with zero attached hydrogens (tertiary/aromatic N) is 2. The molecule has 1 saturated carbocycles. The summed E-state index contributed by atoms with van der Waals surface area (Å²) in [6.45, 7) is 1.35. The third-order valence-corrected chi connectivity index (χ3v) is 6.27. The van der Waals surface area contributed by atoms with Crippen molar-refractivity contribution in [3.63, 3.8) is 0 Å². The molecule has 1 heterocycles. The number of halogens is 2. The molecule has 0 radical (unpaired) electrons. The van der Waals surface area contributed by atoms with Crippen molar-refractivity contribution in [2.45, 2.75) is 44.1 Å². The number of nitriles is 1. The van der Waals surface area contributed by atoms with Crippen LogP contribution in [-0.2, 0) is 4.79 Å². The van der Waals surface area contributed by atoms with Crippen LogP contribution in [-0.4, -0.2) is 40.6 Å². The molecule has 1 saturated heterocycles. The van der Waals surface area contributed by atoms with Gasteiger partial charge in [0, 0.05) is 18.4 Å². The summed E-state index contributed by atoms with van der Waals surface area (Å²) in [7, 11) is 0. The summed E-state index contributed by atoms with van der Waals surface area (Å²) >= 11 is 0. The molecule has 2 aliphatic rings. The monoisotopic (exact) mass is 437 g/mol. The summed E-state index contributed by atoms with van der Waals surface area (Å²) in [5.41, 5.74) is 1.80. The summed E-state index contributed by atoms with van der Waals surface area (Å²) in [4.78, 5) is 38.9. The van der Waals surface area contributed by atoms with E-state index in [0.717, 1.165) is 21.6 Å². The number of benzene rings is 2. The van der Waals surface area contributed by atoms with Gasteiger partial charge >= 0.3 is 6.03 Å². The van der Waals surface area contributed by atoms with E-state index in [1.807, 2.05) is 19.1 Å². The van der Waals surface area contributed by atoms with E-state index in [4.69, 9.17) is 0 Å². The van der Waals surface area contributed by atoms with Crippen LogP contribution in [0.15, 0.2) is 42.5 Å². The Kier molecular flexibility index (Phi) is 5.29. The fraction of sp³-hybridized carbons (Fsp3) is 0.333. The number of rotatable bonds is 4. The molecule has 0 aromatic heterocycles. The number of nitrogens with one attached hydrogen (secondary N) is 1. The highest BCUT2D eigenvalue weighted by Crippen LogP contribution is 2.41. The zero-order chi connectivity index (χ0) is 23.1. The van der Waals surface area contributed by atoms with Crippen molar-refractivity contribution in [2.24, 2.45) is 0 Å². The summed E-state index contributed by atoms with van der Waals surface area (Å²) in [5.74, 6) is -3.90. The van der Waals surface area contributed by atoms with E-state index in [1.165, 1.54) is 0 Å². The number of aryl methyl sites for hydroxylation is 1. The van der Waals surface area contributed by atoms with Gasteiger partial charge in [-0.25, -0.2) is 13.6 Å². The van der Waals surface area contributed by atoms with Crippen LogP contribution in [0.2, 0.25) is 0 Å². The van der Waals surface area contributed by atoms with Crippen molar-refractivity contribution < 1.29 is 23.2 Å². The first-order valence-corrected chi connectivity index (χ1v) is 10.3. The number of carbonyl (C=O) groups excluding carboxylic acids is 3. The maximum Gasteiger partial charge on any atom is 0.325 e. The molecular weight excluding hydrogens is 416 g/mol. The fourth-order valence-electron chi connectivity index (χ4n) is 4.39. The summed E-state index contributed by atoms with van der Waals surface area (Å²) < 4.78 is 27.0. The van der Waals surface area contributed by atoms with E-state index in [2.05, 4.69) is 11.4 Å². The number of alkyl halides is 2. The van der Waals surface area contributed by atoms with Crippen LogP contribution in [0.4, 0.5) is 13.6 Å². The van der Waals surface area contributed by atoms with Crippen molar-refractivity contribution in [2.75, 3.05) is 6.54 Å². The van der Waals surface area contributed by atoms with Gasteiger partial charge in [-0.1, -0.05) is 30.3 Å². The van der Waals surface area contributed by atoms with Gasteiger partial charge < -0.3 is 5.32 Å². The minimum atomic E-state index is -2.84. The Labute approximate surface area is 183 Å². The van der Waals surface area contributed by atoms with Crippen LogP contribution >= 0.6 is 0 Å². The van der Waals surface area contributed by atoms with Crippen LogP contribution in [0.5, 0.6) is 0 Å². The minimum Gasteiger partial charge on any atom is -0.323 e. The predicted molar refractivity (Wildman–Crippen MR) is 112 cm³/mol. The smallest absolute Gasteiger partial charge is 0.323 e. The Morgan fingerprint density at radius 3 is 2.44 bits per heavy atom. The molecule has 6 nitrogen and oxygen atoms in total. The topological polar surface area (TPSA) is 90.3 Å². The zero-order valence-electron chi connectivity index (χ0n) is 17.5. The molecule has 0 atom stereocenters. The molecule has 1 N–H and O–H groups in total. The molecule has 4 rings (SSSR count). The predicted octanol–water partition coefficient (Wildman–Crippen LogP) is 4.22. The lowest BCUT2D eigenvalue weighted by Gasteiger charge is -2.34. The van der Waals surface area contributed by atoms with Gasteiger partial charge in [0.05, 0.1) is 18.2 Å². The van der Waals surface area contributed by atoms with Gasteiger partial charge in [0.1, 0.15) is 5.54 Å². The molecule has 8 heteroatoms. The maximum atomic E-state index is 13.5. The van der Waals surface area contributed by atoms with Crippen molar-refractivity contribution in [1.29, 1.82) is 5.26 Å². The van der Waals surface area contributed by atoms with E-state index in [0.29, 0.717) is 11.1 Å². The lowest BCUT2D eigenvalue weighted by molar-refractivity contribution is -0.135. The Balaban J connectivity index is 1.52. The Morgan fingerprint density at radius 2 is 1.78 bits per heavy atom. The van der Waals surface area contributed by atoms with Gasteiger partial charge in [0.25, 0.3) is 5.91 Å². The number of carbonyl (C=O) groups is 3. The van der Waals surface area contributed by atoms with Crippen molar-refractivity contribution in [1.82, 2.24) is 10.2 Å². The van der Waals surface area contributed by atoms with E-state index < -0.39 is 48.6 Å². The molecule has 2 aromatic rings. The quantitative estimate of drug-likeness (QED) is 0.573. The molecule has 1 aliphatic carbocycles. The number of amides is 3. The van der Waals surface area contributed by atoms with Gasteiger partial charge in [0.2, 0.25) is 5.92 Å². The average Bonchev–Trinajstić information content (AvgIpc) is 3.00. The van der Waals surface area contributed by atoms with Crippen LogP contribution < -0.4 is 5.32 Å². The minimum absolute atomic E-state index is 0.151.